The molecule has 2 aromatic rings. The molecular formula is C17H23N3O. The van der Waals surface area contributed by atoms with Gasteiger partial charge in [-0.3, -0.25) is 0 Å². The molecule has 21 heavy (non-hydrogen) atoms. The van der Waals surface area contributed by atoms with Gasteiger partial charge in [-0.2, -0.15) is 10.2 Å². The van der Waals surface area contributed by atoms with Gasteiger partial charge in [0.2, 0.25) is 0 Å². The zero-order valence-corrected chi connectivity index (χ0v) is 13.2. The Morgan fingerprint density at radius 3 is 2.71 bits per heavy atom. The minimum Gasteiger partial charge on any atom is -0.497 e. The van der Waals surface area contributed by atoms with E-state index in [1.807, 2.05) is 26.1 Å². The van der Waals surface area contributed by atoms with Crippen molar-refractivity contribution in [3.8, 4) is 5.75 Å². The first-order valence-corrected chi connectivity index (χ1v) is 7.31. The molecule has 1 aromatic heterocycles. The van der Waals surface area contributed by atoms with Crippen molar-refractivity contribution < 1.29 is 4.74 Å². The summed E-state index contributed by atoms with van der Waals surface area (Å²) in [6.45, 7) is 4.09. The van der Waals surface area contributed by atoms with Crippen molar-refractivity contribution in [1.29, 1.82) is 0 Å². The summed E-state index contributed by atoms with van der Waals surface area (Å²) in [5, 5.41) is 11.9. The van der Waals surface area contributed by atoms with Crippen LogP contribution in [0.5, 0.6) is 5.75 Å². The zero-order valence-electron chi connectivity index (χ0n) is 13.2. The second-order valence-electron chi connectivity index (χ2n) is 5.14. The molecule has 0 fully saturated rings. The maximum Gasteiger partial charge on any atom is 0.119 e. The lowest BCUT2D eigenvalue weighted by atomic mass is 9.96. The van der Waals surface area contributed by atoms with Gasteiger partial charge >= 0.3 is 0 Å². The maximum absolute atomic E-state index is 5.30. The largest absolute Gasteiger partial charge is 0.497 e. The van der Waals surface area contributed by atoms with Gasteiger partial charge in [0, 0.05) is 6.04 Å². The molecule has 0 bridgehead atoms. The monoisotopic (exact) mass is 285 g/mol. The van der Waals surface area contributed by atoms with Gasteiger partial charge in [0.05, 0.1) is 18.5 Å². The molecule has 4 nitrogen and oxygen atoms in total. The van der Waals surface area contributed by atoms with Crippen LogP contribution in [-0.4, -0.2) is 24.4 Å². The Morgan fingerprint density at radius 1 is 1.24 bits per heavy atom. The highest BCUT2D eigenvalue weighted by Gasteiger charge is 2.16. The summed E-state index contributed by atoms with van der Waals surface area (Å²) in [4.78, 5) is 0. The van der Waals surface area contributed by atoms with E-state index < -0.39 is 0 Å². The Bertz CT molecular complexity index is 598. The first-order chi connectivity index (χ1) is 10.2. The summed E-state index contributed by atoms with van der Waals surface area (Å²) in [5.41, 5.74) is 4.48. The minimum absolute atomic E-state index is 0.223. The molecule has 2 rings (SSSR count). The Balaban J connectivity index is 2.29. The molecule has 1 N–H and O–H groups in total. The molecule has 1 unspecified atom stereocenters. The van der Waals surface area contributed by atoms with Crippen molar-refractivity contribution in [1.82, 2.24) is 15.5 Å². The lowest BCUT2D eigenvalue weighted by Crippen LogP contribution is -2.21. The van der Waals surface area contributed by atoms with E-state index in [4.69, 9.17) is 4.74 Å². The molecule has 0 saturated heterocycles. The molecule has 0 radical (unpaired) electrons. The minimum atomic E-state index is 0.223. The number of nitrogens with one attached hydrogen (secondary N) is 1. The number of ether oxygens (including phenoxy) is 1. The van der Waals surface area contributed by atoms with Crippen LogP contribution in [0, 0.1) is 6.92 Å². The average molecular weight is 285 g/mol. The second kappa shape index (κ2) is 7.18. The van der Waals surface area contributed by atoms with Crippen LogP contribution in [0.4, 0.5) is 0 Å². The zero-order chi connectivity index (χ0) is 15.2. The molecule has 0 aliphatic heterocycles. The molecule has 0 saturated carbocycles. The Morgan fingerprint density at radius 2 is 2.05 bits per heavy atom. The van der Waals surface area contributed by atoms with Gasteiger partial charge in [-0.15, -0.1) is 0 Å². The first kappa shape index (κ1) is 15.4. The van der Waals surface area contributed by atoms with Crippen molar-refractivity contribution >= 4 is 0 Å². The third-order valence-electron chi connectivity index (χ3n) is 3.66. The summed E-state index contributed by atoms with van der Waals surface area (Å²) in [6, 6.07) is 10.6. The van der Waals surface area contributed by atoms with Crippen molar-refractivity contribution in [2.24, 2.45) is 0 Å². The number of aromatic nitrogens is 2. The summed E-state index contributed by atoms with van der Waals surface area (Å²) in [5.74, 6) is 0.891. The third kappa shape index (κ3) is 3.79. The highest BCUT2D eigenvalue weighted by Crippen LogP contribution is 2.23. The second-order valence-corrected chi connectivity index (χ2v) is 5.14. The van der Waals surface area contributed by atoms with Crippen LogP contribution in [0.15, 0.2) is 30.3 Å². The first-order valence-electron chi connectivity index (χ1n) is 7.31. The number of rotatable bonds is 6. The fourth-order valence-electron chi connectivity index (χ4n) is 2.51. The van der Waals surface area contributed by atoms with Gasteiger partial charge in [0.15, 0.2) is 0 Å². The van der Waals surface area contributed by atoms with E-state index >= 15 is 0 Å². The topological polar surface area (TPSA) is 47.0 Å². The van der Waals surface area contributed by atoms with Crippen molar-refractivity contribution in [2.45, 2.75) is 32.7 Å². The average Bonchev–Trinajstić information content (AvgIpc) is 2.52. The van der Waals surface area contributed by atoms with Gasteiger partial charge < -0.3 is 10.1 Å². The summed E-state index contributed by atoms with van der Waals surface area (Å²) in [6.07, 6.45) is 1.78. The van der Waals surface area contributed by atoms with Gasteiger partial charge in [-0.1, -0.05) is 19.1 Å². The number of methoxy groups -OCH3 is 1. The molecule has 0 aliphatic rings. The van der Waals surface area contributed by atoms with Crippen LogP contribution < -0.4 is 10.1 Å². The molecule has 4 heteroatoms. The molecular weight excluding hydrogens is 262 g/mol. The number of likely N-dealkylation sites (N-methyl/N-ethyl adjacent to an activating group) is 1. The van der Waals surface area contributed by atoms with E-state index in [9.17, 15) is 0 Å². The van der Waals surface area contributed by atoms with E-state index in [2.05, 4.69) is 40.6 Å². The molecule has 0 aliphatic carbocycles. The maximum atomic E-state index is 5.30. The van der Waals surface area contributed by atoms with Crippen LogP contribution in [-0.2, 0) is 12.8 Å². The Kier molecular flexibility index (Phi) is 5.28. The third-order valence-corrected chi connectivity index (χ3v) is 3.66. The fraction of sp³-hybridized carbons (Fsp3) is 0.412. The fourth-order valence-corrected chi connectivity index (χ4v) is 2.51. The van der Waals surface area contributed by atoms with Gasteiger partial charge in [0.25, 0.3) is 0 Å². The van der Waals surface area contributed by atoms with E-state index in [1.54, 1.807) is 7.11 Å². The molecule has 1 atom stereocenters. The predicted molar refractivity (Wildman–Crippen MR) is 84.6 cm³/mol. The number of benzene rings is 1. The summed E-state index contributed by atoms with van der Waals surface area (Å²) >= 11 is 0. The van der Waals surface area contributed by atoms with Crippen molar-refractivity contribution in [3.05, 3.63) is 52.8 Å². The highest BCUT2D eigenvalue weighted by molar-refractivity contribution is 5.32. The van der Waals surface area contributed by atoms with Crippen molar-refractivity contribution in [2.75, 3.05) is 14.2 Å². The predicted octanol–water partition coefficient (Wildman–Crippen LogP) is 2.86. The van der Waals surface area contributed by atoms with Crippen LogP contribution in [0.25, 0.3) is 0 Å². The number of hydrogen-bond donors (Lipinski definition) is 1. The lowest BCUT2D eigenvalue weighted by molar-refractivity contribution is 0.414. The summed E-state index contributed by atoms with van der Waals surface area (Å²) < 4.78 is 5.30. The quantitative estimate of drug-likeness (QED) is 0.886. The molecule has 1 aromatic carbocycles. The number of aryl methyl sites for hydroxylation is 2. The van der Waals surface area contributed by atoms with Gasteiger partial charge in [-0.25, -0.2) is 0 Å². The molecule has 0 amide bonds. The van der Waals surface area contributed by atoms with Gasteiger partial charge in [-0.05, 0) is 56.1 Å². The van der Waals surface area contributed by atoms with Crippen LogP contribution in [0.2, 0.25) is 0 Å². The van der Waals surface area contributed by atoms with E-state index in [-0.39, 0.29) is 6.04 Å². The van der Waals surface area contributed by atoms with E-state index in [0.717, 1.165) is 30.0 Å². The standard InChI is InChI=1S/C17H23N3O/c1-5-16-15(9-12(2)19-20-16)17(18-3)11-13-7-6-8-14(10-13)21-4/h6-10,17-18H,5,11H2,1-4H3. The van der Waals surface area contributed by atoms with E-state index in [1.165, 1.54) is 11.1 Å². The smallest absolute Gasteiger partial charge is 0.119 e. The molecule has 0 spiro atoms. The highest BCUT2D eigenvalue weighted by atomic mass is 16.5. The van der Waals surface area contributed by atoms with E-state index in [0.29, 0.717) is 0 Å². The lowest BCUT2D eigenvalue weighted by Gasteiger charge is -2.19. The van der Waals surface area contributed by atoms with Crippen LogP contribution in [0.1, 0.15) is 35.5 Å². The number of hydrogen-bond acceptors (Lipinski definition) is 4. The van der Waals surface area contributed by atoms with Crippen LogP contribution in [0.3, 0.4) is 0 Å². The summed E-state index contributed by atoms with van der Waals surface area (Å²) in [7, 11) is 3.68. The SMILES string of the molecule is CCc1nnc(C)cc1C(Cc1cccc(OC)c1)NC. The Labute approximate surface area is 126 Å². The normalized spacial score (nSPS) is 12.2. The molecule has 1 heterocycles. The molecule has 112 valence electrons. The van der Waals surface area contributed by atoms with Crippen molar-refractivity contribution in [3.63, 3.8) is 0 Å². The van der Waals surface area contributed by atoms with Crippen LogP contribution >= 0.6 is 0 Å². The number of nitrogens with zero attached hydrogens (tertiary/aromatic N) is 2. The Hall–Kier alpha value is -1.94. The van der Waals surface area contributed by atoms with Gasteiger partial charge in [0.1, 0.15) is 5.75 Å².